The van der Waals surface area contributed by atoms with Gasteiger partial charge < -0.3 is 19.7 Å². The Kier molecular flexibility index (Phi) is 3.84. The quantitative estimate of drug-likeness (QED) is 0.880. The van der Waals surface area contributed by atoms with Gasteiger partial charge in [-0.05, 0) is 24.1 Å². The van der Waals surface area contributed by atoms with Crippen LogP contribution in [0, 0.1) is 0 Å². The molecular weight excluding hydrogens is 258 g/mol. The van der Waals surface area contributed by atoms with Crippen molar-refractivity contribution in [3.63, 3.8) is 0 Å². The van der Waals surface area contributed by atoms with Crippen LogP contribution in [-0.2, 0) is 16.0 Å². The van der Waals surface area contributed by atoms with Crippen LogP contribution in [0.15, 0.2) is 24.5 Å². The number of aromatic nitrogens is 1. The number of likely N-dealkylation sites (tertiary alicyclic amines) is 1. The normalized spacial score (nSPS) is 21.1. The summed E-state index contributed by atoms with van der Waals surface area (Å²) in [5.74, 6) is -0.563. The first-order valence-electron chi connectivity index (χ1n) is 6.97. The second kappa shape index (κ2) is 5.76. The van der Waals surface area contributed by atoms with Crippen LogP contribution in [0.2, 0.25) is 0 Å². The van der Waals surface area contributed by atoms with E-state index in [4.69, 9.17) is 9.47 Å². The maximum atomic E-state index is 12.2. The van der Waals surface area contributed by atoms with Crippen molar-refractivity contribution in [2.24, 2.45) is 0 Å². The highest BCUT2D eigenvalue weighted by Gasteiger charge is 2.42. The molecule has 1 spiro atoms. The predicted molar refractivity (Wildman–Crippen MR) is 71.9 cm³/mol. The van der Waals surface area contributed by atoms with Gasteiger partial charge in [0, 0.05) is 31.9 Å². The van der Waals surface area contributed by atoms with Crippen molar-refractivity contribution in [3.05, 3.63) is 30.1 Å². The number of carbonyl (C=O) groups excluding carboxylic acids is 1. The number of pyridine rings is 1. The summed E-state index contributed by atoms with van der Waals surface area (Å²) in [7, 11) is 0. The van der Waals surface area contributed by atoms with E-state index in [1.807, 2.05) is 12.1 Å². The molecule has 1 aromatic rings. The Bertz CT molecular complexity index is 460. The summed E-state index contributed by atoms with van der Waals surface area (Å²) in [6.45, 7) is 3.00. The summed E-state index contributed by atoms with van der Waals surface area (Å²) >= 11 is 0. The van der Waals surface area contributed by atoms with E-state index >= 15 is 0 Å². The zero-order chi connectivity index (χ0) is 13.8. The number of nitrogens with zero attached hydrogens (tertiary/aromatic N) is 2. The Labute approximate surface area is 118 Å². The number of ether oxygens (including phenoxy) is 2. The molecule has 0 unspecified atom stereocenters. The van der Waals surface area contributed by atoms with Gasteiger partial charge in [0.25, 0.3) is 0 Å². The highest BCUT2D eigenvalue weighted by molar-refractivity contribution is 5.74. The van der Waals surface area contributed by atoms with Gasteiger partial charge in [-0.25, -0.2) is 4.79 Å². The van der Waals surface area contributed by atoms with Crippen LogP contribution in [0.3, 0.4) is 0 Å². The molecule has 1 N–H and O–H groups in total. The van der Waals surface area contributed by atoms with Crippen LogP contribution >= 0.6 is 0 Å². The van der Waals surface area contributed by atoms with Crippen LogP contribution in [-0.4, -0.2) is 48.0 Å². The maximum Gasteiger partial charge on any atom is 0.317 e. The van der Waals surface area contributed by atoms with Crippen LogP contribution < -0.4 is 5.32 Å². The van der Waals surface area contributed by atoms with E-state index in [1.165, 1.54) is 0 Å². The van der Waals surface area contributed by atoms with Gasteiger partial charge in [0.1, 0.15) is 0 Å². The Balaban J connectivity index is 1.54. The van der Waals surface area contributed by atoms with Gasteiger partial charge in [-0.1, -0.05) is 0 Å². The highest BCUT2D eigenvalue weighted by atomic mass is 16.7. The lowest BCUT2D eigenvalue weighted by Gasteiger charge is -2.38. The number of urea groups is 1. The van der Waals surface area contributed by atoms with Crippen molar-refractivity contribution in [1.82, 2.24) is 15.2 Å². The monoisotopic (exact) mass is 277 g/mol. The molecule has 6 heteroatoms. The van der Waals surface area contributed by atoms with E-state index < -0.39 is 5.79 Å². The minimum atomic E-state index is -0.563. The fraction of sp³-hybridized carbons (Fsp3) is 0.571. The molecular formula is C14H19N3O3. The fourth-order valence-corrected chi connectivity index (χ4v) is 2.68. The second-order valence-corrected chi connectivity index (χ2v) is 5.15. The van der Waals surface area contributed by atoms with E-state index in [9.17, 15) is 4.79 Å². The van der Waals surface area contributed by atoms with Gasteiger partial charge in [-0.2, -0.15) is 0 Å². The summed E-state index contributed by atoms with van der Waals surface area (Å²) in [5.41, 5.74) is 1.04. The minimum Gasteiger partial charge on any atom is -0.346 e. The molecule has 0 saturated carbocycles. The number of carbonyl (C=O) groups is 1. The van der Waals surface area contributed by atoms with Crippen LogP contribution in [0.25, 0.3) is 0 Å². The number of amides is 2. The fourth-order valence-electron chi connectivity index (χ4n) is 2.68. The molecule has 0 bridgehead atoms. The number of hydrogen-bond donors (Lipinski definition) is 1. The SMILES string of the molecule is O=C(NCc1ccncc1)N1CCCC2(C1)OCCO2. The van der Waals surface area contributed by atoms with Gasteiger partial charge >= 0.3 is 6.03 Å². The Morgan fingerprint density at radius 1 is 1.35 bits per heavy atom. The van der Waals surface area contributed by atoms with E-state index in [0.717, 1.165) is 24.9 Å². The molecule has 0 radical (unpaired) electrons. The average Bonchev–Trinajstić information content (AvgIpc) is 2.93. The zero-order valence-corrected chi connectivity index (χ0v) is 11.4. The first kappa shape index (κ1) is 13.3. The van der Waals surface area contributed by atoms with E-state index in [-0.39, 0.29) is 6.03 Å². The van der Waals surface area contributed by atoms with Crippen molar-refractivity contribution >= 4 is 6.03 Å². The molecule has 20 heavy (non-hydrogen) atoms. The lowest BCUT2D eigenvalue weighted by molar-refractivity contribution is -0.182. The number of piperidine rings is 1. The molecule has 3 rings (SSSR count). The zero-order valence-electron chi connectivity index (χ0n) is 11.4. The molecule has 0 aromatic carbocycles. The standard InChI is InChI=1S/C14H19N3O3/c18-13(16-10-12-2-5-15-6-3-12)17-7-1-4-14(11-17)19-8-9-20-14/h2-3,5-6H,1,4,7-11H2,(H,16,18). The molecule has 1 aromatic heterocycles. The first-order chi connectivity index (χ1) is 9.77. The van der Waals surface area contributed by atoms with Gasteiger partial charge in [-0.15, -0.1) is 0 Å². The Morgan fingerprint density at radius 3 is 2.85 bits per heavy atom. The highest BCUT2D eigenvalue weighted by Crippen LogP contribution is 2.29. The molecule has 2 aliphatic heterocycles. The molecule has 6 nitrogen and oxygen atoms in total. The second-order valence-electron chi connectivity index (χ2n) is 5.15. The molecule has 2 amide bonds. The summed E-state index contributed by atoms with van der Waals surface area (Å²) < 4.78 is 11.3. The Morgan fingerprint density at radius 2 is 2.10 bits per heavy atom. The third-order valence-electron chi connectivity index (χ3n) is 3.71. The topological polar surface area (TPSA) is 63.7 Å². The third-order valence-corrected chi connectivity index (χ3v) is 3.71. The molecule has 3 heterocycles. The van der Waals surface area contributed by atoms with Gasteiger partial charge in [0.2, 0.25) is 0 Å². The lowest BCUT2D eigenvalue weighted by Crippen LogP contribution is -2.53. The number of hydrogen-bond acceptors (Lipinski definition) is 4. The summed E-state index contributed by atoms with van der Waals surface area (Å²) in [5, 5.41) is 2.92. The van der Waals surface area contributed by atoms with Crippen molar-refractivity contribution in [2.75, 3.05) is 26.3 Å². The molecule has 2 saturated heterocycles. The predicted octanol–water partition coefficient (Wildman–Crippen LogP) is 1.13. The smallest absolute Gasteiger partial charge is 0.317 e. The van der Waals surface area contributed by atoms with Crippen molar-refractivity contribution in [3.8, 4) is 0 Å². The first-order valence-corrected chi connectivity index (χ1v) is 6.97. The molecule has 0 aliphatic carbocycles. The number of rotatable bonds is 2. The van der Waals surface area contributed by atoms with Crippen molar-refractivity contribution in [2.45, 2.75) is 25.2 Å². The van der Waals surface area contributed by atoms with E-state index in [2.05, 4.69) is 10.3 Å². The van der Waals surface area contributed by atoms with Gasteiger partial charge in [0.15, 0.2) is 5.79 Å². The average molecular weight is 277 g/mol. The van der Waals surface area contributed by atoms with E-state index in [0.29, 0.717) is 26.3 Å². The summed E-state index contributed by atoms with van der Waals surface area (Å²) in [6, 6.07) is 3.71. The van der Waals surface area contributed by atoms with Crippen molar-refractivity contribution in [1.29, 1.82) is 0 Å². The van der Waals surface area contributed by atoms with E-state index in [1.54, 1.807) is 17.3 Å². The molecule has 108 valence electrons. The van der Waals surface area contributed by atoms with Crippen LogP contribution in [0.4, 0.5) is 4.79 Å². The largest absolute Gasteiger partial charge is 0.346 e. The number of nitrogens with one attached hydrogen (secondary N) is 1. The van der Waals surface area contributed by atoms with Gasteiger partial charge in [0.05, 0.1) is 19.8 Å². The third kappa shape index (κ3) is 2.91. The summed E-state index contributed by atoms with van der Waals surface area (Å²) in [6.07, 6.45) is 5.21. The van der Waals surface area contributed by atoms with Crippen LogP contribution in [0.1, 0.15) is 18.4 Å². The molecule has 2 fully saturated rings. The minimum absolute atomic E-state index is 0.0695. The van der Waals surface area contributed by atoms with Gasteiger partial charge in [-0.3, -0.25) is 4.98 Å². The summed E-state index contributed by atoms with van der Waals surface area (Å²) in [4.78, 5) is 17.9. The molecule has 0 atom stereocenters. The van der Waals surface area contributed by atoms with Crippen LogP contribution in [0.5, 0.6) is 0 Å². The van der Waals surface area contributed by atoms with Crippen molar-refractivity contribution < 1.29 is 14.3 Å². The Hall–Kier alpha value is -1.66. The molecule has 2 aliphatic rings. The lowest BCUT2D eigenvalue weighted by atomic mass is 10.1. The maximum absolute atomic E-state index is 12.2.